The molecule has 1 aromatic heterocycles. The summed E-state index contributed by atoms with van der Waals surface area (Å²) < 4.78 is 6.42. The monoisotopic (exact) mass is 393 g/mol. The van der Waals surface area contributed by atoms with Crippen molar-refractivity contribution in [3.63, 3.8) is 0 Å². The van der Waals surface area contributed by atoms with Crippen LogP contribution in [0.5, 0.6) is 5.75 Å². The van der Waals surface area contributed by atoms with Gasteiger partial charge < -0.3 is 9.64 Å². The Hall–Kier alpha value is -1.60. The minimum absolute atomic E-state index is 0.0851. The van der Waals surface area contributed by atoms with E-state index in [1.165, 1.54) is 6.20 Å². The number of halogens is 1. The van der Waals surface area contributed by atoms with Crippen molar-refractivity contribution >= 4 is 33.6 Å². The highest BCUT2D eigenvalue weighted by molar-refractivity contribution is 9.10. The van der Waals surface area contributed by atoms with Gasteiger partial charge in [-0.2, -0.15) is 0 Å². The van der Waals surface area contributed by atoms with Gasteiger partial charge in [-0.05, 0) is 25.1 Å². The van der Waals surface area contributed by atoms with E-state index in [1.54, 1.807) is 25.1 Å². The van der Waals surface area contributed by atoms with Crippen molar-refractivity contribution in [2.24, 2.45) is 0 Å². The second kappa shape index (κ2) is 6.88. The van der Waals surface area contributed by atoms with Gasteiger partial charge in [0, 0.05) is 28.5 Å². The van der Waals surface area contributed by atoms with Gasteiger partial charge in [-0.25, -0.2) is 4.98 Å². The van der Waals surface area contributed by atoms with E-state index in [4.69, 9.17) is 4.74 Å². The molecule has 1 atom stereocenters. The topological polar surface area (TPSA) is 55.3 Å². The highest BCUT2D eigenvalue weighted by Gasteiger charge is 2.33. The van der Waals surface area contributed by atoms with Crippen molar-refractivity contribution in [2.75, 3.05) is 19.4 Å². The molecule has 0 N–H and O–H groups in total. The molecule has 5 nitrogen and oxygen atoms in total. The number of hydrogen-bond donors (Lipinski definition) is 0. The number of rotatable bonds is 3. The van der Waals surface area contributed by atoms with Crippen LogP contribution >= 0.6 is 27.7 Å². The summed E-state index contributed by atoms with van der Waals surface area (Å²) in [6.45, 7) is 2.53. The number of carbonyl (C=O) groups is 1. The lowest BCUT2D eigenvalue weighted by Crippen LogP contribution is -2.31. The number of benzene rings is 1. The van der Waals surface area contributed by atoms with Crippen LogP contribution in [0.2, 0.25) is 0 Å². The van der Waals surface area contributed by atoms with Crippen molar-refractivity contribution in [3.8, 4) is 5.75 Å². The fourth-order valence-corrected chi connectivity index (χ4v) is 4.13. The molecule has 1 unspecified atom stereocenters. The summed E-state index contributed by atoms with van der Waals surface area (Å²) in [5.41, 5.74) is 2.15. The van der Waals surface area contributed by atoms with Gasteiger partial charge in [0.1, 0.15) is 16.8 Å². The Morgan fingerprint density at radius 2 is 2.22 bits per heavy atom. The number of hydrogen-bond acceptors (Lipinski definition) is 5. The lowest BCUT2D eigenvalue weighted by Gasteiger charge is -2.25. The van der Waals surface area contributed by atoms with Crippen LogP contribution in [-0.2, 0) is 0 Å². The largest absolute Gasteiger partial charge is 0.496 e. The first-order valence-electron chi connectivity index (χ1n) is 7.15. The van der Waals surface area contributed by atoms with Crippen molar-refractivity contribution in [2.45, 2.75) is 12.3 Å². The summed E-state index contributed by atoms with van der Waals surface area (Å²) in [5.74, 6) is 1.56. The molecule has 1 saturated heterocycles. The number of aryl methyl sites for hydroxylation is 1. The molecule has 7 heteroatoms. The molecule has 1 aromatic carbocycles. The van der Waals surface area contributed by atoms with Gasteiger partial charge in [-0.3, -0.25) is 9.78 Å². The average molecular weight is 394 g/mol. The third-order valence-electron chi connectivity index (χ3n) is 3.61. The Labute approximate surface area is 147 Å². The van der Waals surface area contributed by atoms with E-state index >= 15 is 0 Å². The number of thioether (sulfide) groups is 1. The number of nitrogens with zero attached hydrogens (tertiary/aromatic N) is 3. The van der Waals surface area contributed by atoms with E-state index in [1.807, 2.05) is 30.0 Å². The van der Waals surface area contributed by atoms with Gasteiger partial charge in [0.2, 0.25) is 0 Å². The highest BCUT2D eigenvalue weighted by atomic mass is 79.9. The molecule has 1 fully saturated rings. The molecule has 0 radical (unpaired) electrons. The lowest BCUT2D eigenvalue weighted by atomic mass is 10.1. The summed E-state index contributed by atoms with van der Waals surface area (Å²) in [7, 11) is 1.64. The summed E-state index contributed by atoms with van der Waals surface area (Å²) in [5, 5.41) is -0.0851. The van der Waals surface area contributed by atoms with Crippen molar-refractivity contribution < 1.29 is 9.53 Å². The Morgan fingerprint density at radius 1 is 1.39 bits per heavy atom. The zero-order valence-electron chi connectivity index (χ0n) is 12.8. The van der Waals surface area contributed by atoms with Gasteiger partial charge in [0.15, 0.2) is 0 Å². The molecule has 0 aliphatic carbocycles. The number of ether oxygens (including phenoxy) is 1. The van der Waals surface area contributed by atoms with Gasteiger partial charge in [0.05, 0.1) is 19.0 Å². The van der Waals surface area contributed by atoms with E-state index in [9.17, 15) is 4.79 Å². The number of amides is 1. The molecule has 0 spiro atoms. The van der Waals surface area contributed by atoms with Gasteiger partial charge in [-0.1, -0.05) is 15.9 Å². The molecule has 1 amide bonds. The highest BCUT2D eigenvalue weighted by Crippen LogP contribution is 2.43. The van der Waals surface area contributed by atoms with E-state index in [-0.39, 0.29) is 11.3 Å². The maximum Gasteiger partial charge on any atom is 0.275 e. The average Bonchev–Trinajstić information content (AvgIpc) is 3.04. The van der Waals surface area contributed by atoms with Crippen LogP contribution in [0, 0.1) is 6.92 Å². The number of aromatic nitrogens is 2. The SMILES string of the molecule is COc1ccc(Br)cc1C1SCCN1C(=O)c1cnc(C)cn1. The zero-order valence-corrected chi connectivity index (χ0v) is 15.2. The molecular weight excluding hydrogens is 378 g/mol. The van der Waals surface area contributed by atoms with E-state index < -0.39 is 0 Å². The summed E-state index contributed by atoms with van der Waals surface area (Å²) in [6.07, 6.45) is 3.15. The maximum atomic E-state index is 12.8. The predicted molar refractivity (Wildman–Crippen MR) is 93.7 cm³/mol. The second-order valence-electron chi connectivity index (χ2n) is 5.15. The van der Waals surface area contributed by atoms with Crippen LogP contribution in [0.15, 0.2) is 35.1 Å². The van der Waals surface area contributed by atoms with Crippen molar-refractivity contribution in [1.29, 1.82) is 0 Å². The summed E-state index contributed by atoms with van der Waals surface area (Å²) in [6, 6.07) is 5.84. The summed E-state index contributed by atoms with van der Waals surface area (Å²) >= 11 is 5.22. The van der Waals surface area contributed by atoms with Crippen LogP contribution in [0.1, 0.15) is 27.1 Å². The Kier molecular flexibility index (Phi) is 4.87. The quantitative estimate of drug-likeness (QED) is 0.798. The van der Waals surface area contributed by atoms with Crippen LogP contribution < -0.4 is 4.74 Å². The van der Waals surface area contributed by atoms with Gasteiger partial charge in [-0.15, -0.1) is 11.8 Å². The van der Waals surface area contributed by atoms with Crippen molar-refractivity contribution in [3.05, 3.63) is 52.0 Å². The molecule has 120 valence electrons. The number of methoxy groups -OCH3 is 1. The van der Waals surface area contributed by atoms with Gasteiger partial charge in [0.25, 0.3) is 5.91 Å². The zero-order chi connectivity index (χ0) is 16.4. The van der Waals surface area contributed by atoms with E-state index in [0.717, 1.165) is 27.2 Å². The third-order valence-corrected chi connectivity index (χ3v) is 5.35. The Bertz CT molecular complexity index is 724. The van der Waals surface area contributed by atoms with Crippen molar-refractivity contribution in [1.82, 2.24) is 14.9 Å². The molecule has 23 heavy (non-hydrogen) atoms. The van der Waals surface area contributed by atoms with E-state index in [0.29, 0.717) is 12.2 Å². The third kappa shape index (κ3) is 3.35. The summed E-state index contributed by atoms with van der Waals surface area (Å²) in [4.78, 5) is 23.0. The fourth-order valence-electron chi connectivity index (χ4n) is 2.48. The van der Waals surface area contributed by atoms with Crippen LogP contribution in [0.4, 0.5) is 0 Å². The molecule has 1 aliphatic heterocycles. The maximum absolute atomic E-state index is 12.8. The lowest BCUT2D eigenvalue weighted by molar-refractivity contribution is 0.0753. The molecular formula is C16H16BrN3O2S. The second-order valence-corrected chi connectivity index (χ2v) is 7.25. The first-order chi connectivity index (χ1) is 11.1. The fraction of sp³-hybridized carbons (Fsp3) is 0.312. The van der Waals surface area contributed by atoms with E-state index in [2.05, 4.69) is 25.9 Å². The minimum atomic E-state index is -0.102. The first-order valence-corrected chi connectivity index (χ1v) is 8.99. The predicted octanol–water partition coefficient (Wildman–Crippen LogP) is 3.44. The van der Waals surface area contributed by atoms with Gasteiger partial charge >= 0.3 is 0 Å². The molecule has 3 rings (SSSR count). The van der Waals surface area contributed by atoms with Crippen LogP contribution in [0.25, 0.3) is 0 Å². The van der Waals surface area contributed by atoms with Crippen LogP contribution in [0.3, 0.4) is 0 Å². The number of carbonyl (C=O) groups excluding carboxylic acids is 1. The molecule has 2 heterocycles. The molecule has 0 saturated carbocycles. The Morgan fingerprint density at radius 3 is 2.91 bits per heavy atom. The normalized spacial score (nSPS) is 17.3. The smallest absolute Gasteiger partial charge is 0.275 e. The minimum Gasteiger partial charge on any atom is -0.496 e. The standard InChI is InChI=1S/C16H16BrN3O2S/c1-10-8-19-13(9-18-10)15(21)20-5-6-23-16(20)12-7-11(17)3-4-14(12)22-2/h3-4,7-9,16H,5-6H2,1-2H3. The first kappa shape index (κ1) is 16.3. The molecule has 2 aromatic rings. The van der Waals surface area contributed by atoms with Crippen LogP contribution in [-0.4, -0.2) is 40.2 Å². The molecule has 0 bridgehead atoms. The molecule has 1 aliphatic rings. The Balaban J connectivity index is 1.92.